The molecule has 4 atom stereocenters. The van der Waals surface area contributed by atoms with E-state index in [1.807, 2.05) is 26.0 Å². The molecule has 0 aromatic carbocycles. The fourth-order valence-corrected chi connectivity index (χ4v) is 5.41. The Kier molecular flexibility index (Phi) is 7.48. The Morgan fingerprint density at radius 3 is 2.43 bits per heavy atom. The second-order valence-corrected chi connectivity index (χ2v) is 8.96. The third-order valence-corrected chi connectivity index (χ3v) is 6.69. The molecule has 0 radical (unpaired) electrons. The summed E-state index contributed by atoms with van der Waals surface area (Å²) in [5, 5.41) is 21.6. The largest absolute Gasteiger partial charge is 0.467 e. The van der Waals surface area contributed by atoms with Crippen LogP contribution in [0.1, 0.15) is 47.0 Å². The number of aliphatic hydroxyl groups is 2. The summed E-state index contributed by atoms with van der Waals surface area (Å²) in [5.41, 5.74) is -3.14. The highest BCUT2D eigenvalue weighted by molar-refractivity contribution is 5.86. The van der Waals surface area contributed by atoms with E-state index in [1.54, 1.807) is 18.2 Å². The molecule has 2 aliphatic carbocycles. The van der Waals surface area contributed by atoms with Gasteiger partial charge in [0.2, 0.25) is 0 Å². The predicted octanol–water partition coefficient (Wildman–Crippen LogP) is 3.26. The van der Waals surface area contributed by atoms with E-state index in [2.05, 4.69) is 13.8 Å². The third-order valence-electron chi connectivity index (χ3n) is 6.69. The van der Waals surface area contributed by atoms with Gasteiger partial charge in [0.25, 0.3) is 0 Å². The van der Waals surface area contributed by atoms with Crippen LogP contribution >= 0.6 is 0 Å². The molecule has 0 bridgehead atoms. The van der Waals surface area contributed by atoms with Crippen molar-refractivity contribution in [1.82, 2.24) is 0 Å². The summed E-state index contributed by atoms with van der Waals surface area (Å²) in [6, 6.07) is 0. The lowest BCUT2D eigenvalue weighted by molar-refractivity contribution is -0.206. The molecule has 2 N–H and O–H groups in total. The first kappa shape index (κ1) is 24.1. The first-order chi connectivity index (χ1) is 14.1. The maximum absolute atomic E-state index is 12.7. The molecule has 6 heteroatoms. The molecule has 0 amide bonds. The zero-order valence-corrected chi connectivity index (χ0v) is 18.6. The lowest BCUT2D eigenvalue weighted by Crippen LogP contribution is -2.67. The van der Waals surface area contributed by atoms with Crippen molar-refractivity contribution in [2.75, 3.05) is 13.7 Å². The predicted molar refractivity (Wildman–Crippen MR) is 114 cm³/mol. The van der Waals surface area contributed by atoms with Crippen molar-refractivity contribution in [1.29, 1.82) is 0 Å². The van der Waals surface area contributed by atoms with Crippen LogP contribution in [0.15, 0.2) is 48.1 Å². The van der Waals surface area contributed by atoms with Crippen LogP contribution < -0.4 is 0 Å². The van der Waals surface area contributed by atoms with Crippen LogP contribution in [-0.4, -0.2) is 47.6 Å². The SMILES string of the molecule is C/C=C/C=C/C=C/C(=O)O[C@@H]1C=C(CO)[C@@](O)(C(=O)OC)[C@@]2(C)CCCC(C)(C)[C@@H]12. The maximum Gasteiger partial charge on any atom is 0.342 e. The van der Waals surface area contributed by atoms with Crippen LogP contribution in [0.3, 0.4) is 0 Å². The fourth-order valence-electron chi connectivity index (χ4n) is 5.41. The molecule has 1 fully saturated rings. The van der Waals surface area contributed by atoms with Crippen molar-refractivity contribution in [2.24, 2.45) is 16.7 Å². The Hall–Kier alpha value is -2.18. The number of rotatable bonds is 6. The van der Waals surface area contributed by atoms with E-state index >= 15 is 0 Å². The molecule has 0 aromatic rings. The number of carbonyl (C=O) groups is 2. The van der Waals surface area contributed by atoms with Crippen LogP contribution in [0, 0.1) is 16.7 Å². The van der Waals surface area contributed by atoms with Gasteiger partial charge in [-0.3, -0.25) is 0 Å². The van der Waals surface area contributed by atoms with E-state index in [4.69, 9.17) is 9.47 Å². The zero-order chi connectivity index (χ0) is 22.6. The molecule has 0 spiro atoms. The van der Waals surface area contributed by atoms with Gasteiger partial charge in [0.15, 0.2) is 5.60 Å². The highest BCUT2D eigenvalue weighted by Gasteiger charge is 2.67. The van der Waals surface area contributed by atoms with E-state index in [0.29, 0.717) is 6.42 Å². The molecular weight excluding hydrogens is 384 g/mol. The highest BCUT2D eigenvalue weighted by Crippen LogP contribution is 2.61. The number of hydrogen-bond acceptors (Lipinski definition) is 6. The Morgan fingerprint density at radius 2 is 1.83 bits per heavy atom. The average molecular weight is 419 g/mol. The molecule has 0 aliphatic heterocycles. The number of aliphatic hydroxyl groups excluding tert-OH is 1. The summed E-state index contributed by atoms with van der Waals surface area (Å²) in [5.74, 6) is -1.66. The van der Waals surface area contributed by atoms with Gasteiger partial charge in [0, 0.05) is 17.4 Å². The van der Waals surface area contributed by atoms with Crippen molar-refractivity contribution in [2.45, 2.75) is 58.7 Å². The lowest BCUT2D eigenvalue weighted by atomic mass is 9.46. The molecule has 2 aliphatic rings. The van der Waals surface area contributed by atoms with E-state index in [9.17, 15) is 19.8 Å². The van der Waals surface area contributed by atoms with Gasteiger partial charge in [-0.15, -0.1) is 0 Å². The normalized spacial score (nSPS) is 33.5. The van der Waals surface area contributed by atoms with Gasteiger partial charge in [-0.05, 0) is 36.8 Å². The van der Waals surface area contributed by atoms with E-state index in [1.165, 1.54) is 19.3 Å². The summed E-state index contributed by atoms with van der Waals surface area (Å²) in [4.78, 5) is 25.2. The van der Waals surface area contributed by atoms with Crippen molar-refractivity contribution >= 4 is 11.9 Å². The molecule has 30 heavy (non-hydrogen) atoms. The topological polar surface area (TPSA) is 93.1 Å². The first-order valence-corrected chi connectivity index (χ1v) is 10.4. The number of methoxy groups -OCH3 is 1. The number of allylic oxidation sites excluding steroid dienone is 5. The fraction of sp³-hybridized carbons (Fsp3) is 0.583. The highest BCUT2D eigenvalue weighted by atomic mass is 16.5. The first-order valence-electron chi connectivity index (χ1n) is 10.4. The number of hydrogen-bond donors (Lipinski definition) is 2. The minimum atomic E-state index is -1.98. The van der Waals surface area contributed by atoms with Crippen molar-refractivity contribution in [3.63, 3.8) is 0 Å². The molecule has 0 aromatic heterocycles. The van der Waals surface area contributed by atoms with Crippen molar-refractivity contribution in [3.8, 4) is 0 Å². The average Bonchev–Trinajstić information content (AvgIpc) is 2.68. The van der Waals surface area contributed by atoms with E-state index in [-0.39, 0.29) is 16.9 Å². The van der Waals surface area contributed by atoms with E-state index in [0.717, 1.165) is 12.8 Å². The molecule has 6 nitrogen and oxygen atoms in total. The summed E-state index contributed by atoms with van der Waals surface area (Å²) < 4.78 is 10.7. The molecule has 0 saturated heterocycles. The lowest BCUT2D eigenvalue weighted by Gasteiger charge is -2.60. The van der Waals surface area contributed by atoms with Gasteiger partial charge in [0.1, 0.15) is 6.10 Å². The summed E-state index contributed by atoms with van der Waals surface area (Å²) in [6.45, 7) is 7.30. The van der Waals surface area contributed by atoms with Crippen LogP contribution in [-0.2, 0) is 19.1 Å². The quantitative estimate of drug-likeness (QED) is 0.298. The molecule has 2 rings (SSSR count). The number of esters is 2. The van der Waals surface area contributed by atoms with Crippen molar-refractivity contribution in [3.05, 3.63) is 48.1 Å². The molecule has 166 valence electrons. The molecule has 0 heterocycles. The number of ether oxygens (including phenoxy) is 2. The smallest absolute Gasteiger partial charge is 0.342 e. The molecule has 1 saturated carbocycles. The van der Waals surface area contributed by atoms with Crippen molar-refractivity contribution < 1.29 is 29.3 Å². The van der Waals surface area contributed by atoms with E-state index < -0.39 is 35.7 Å². The Morgan fingerprint density at radius 1 is 1.17 bits per heavy atom. The summed E-state index contributed by atoms with van der Waals surface area (Å²) in [7, 11) is 1.22. The third kappa shape index (κ3) is 4.16. The monoisotopic (exact) mass is 418 g/mol. The second-order valence-electron chi connectivity index (χ2n) is 8.96. The number of carbonyl (C=O) groups excluding carboxylic acids is 2. The Balaban J connectivity index is 2.48. The molecular formula is C24H34O6. The van der Waals surface area contributed by atoms with Gasteiger partial charge < -0.3 is 19.7 Å². The van der Waals surface area contributed by atoms with Gasteiger partial charge in [-0.1, -0.05) is 57.6 Å². The summed E-state index contributed by atoms with van der Waals surface area (Å²) >= 11 is 0. The van der Waals surface area contributed by atoms with Crippen LogP contribution in [0.5, 0.6) is 0 Å². The van der Waals surface area contributed by atoms with Crippen LogP contribution in [0.4, 0.5) is 0 Å². The van der Waals surface area contributed by atoms with Gasteiger partial charge >= 0.3 is 11.9 Å². The number of fused-ring (bicyclic) bond motifs is 1. The Labute approximate surface area is 179 Å². The van der Waals surface area contributed by atoms with Crippen LogP contribution in [0.25, 0.3) is 0 Å². The minimum absolute atomic E-state index is 0.112. The standard InChI is InChI=1S/C24H34O6/c1-6-7-8-9-10-12-19(26)30-18-15-17(16-25)24(28,21(27)29-5)23(4)14-11-13-22(2,3)20(18)23/h6-10,12,15,18,20,25,28H,11,13-14,16H2,1-5H3/b7-6+,9-8+,12-10+/t18-,20-,23+,24-/m1/s1. The van der Waals surface area contributed by atoms with Gasteiger partial charge in [-0.25, -0.2) is 9.59 Å². The summed E-state index contributed by atoms with van der Waals surface area (Å²) in [6.07, 6.45) is 13.2. The Bertz CT molecular complexity index is 775. The van der Waals surface area contributed by atoms with Crippen LogP contribution in [0.2, 0.25) is 0 Å². The molecule has 0 unspecified atom stereocenters. The maximum atomic E-state index is 12.7. The zero-order valence-electron chi connectivity index (χ0n) is 18.6. The second kappa shape index (κ2) is 9.31. The van der Waals surface area contributed by atoms with Gasteiger partial charge in [0.05, 0.1) is 13.7 Å². The van der Waals surface area contributed by atoms with Gasteiger partial charge in [-0.2, -0.15) is 0 Å². The minimum Gasteiger partial charge on any atom is -0.467 e.